The molecule has 68 heavy (non-hydrogen) atoms. The summed E-state index contributed by atoms with van der Waals surface area (Å²) in [6, 6.07) is 37.0. The molecule has 4 aromatic carbocycles. The maximum absolute atomic E-state index is 13.4. The number of amides is 1. The maximum atomic E-state index is 13.4. The molecule has 6 aromatic rings. The average Bonchev–Trinajstić information content (AvgIpc) is 3.93. The van der Waals surface area contributed by atoms with Crippen molar-refractivity contribution in [3.05, 3.63) is 144 Å². The van der Waals surface area contributed by atoms with E-state index >= 15 is 0 Å². The van der Waals surface area contributed by atoms with Crippen molar-refractivity contribution in [1.29, 1.82) is 5.26 Å². The van der Waals surface area contributed by atoms with E-state index < -0.39 is 47.0 Å². The van der Waals surface area contributed by atoms with Gasteiger partial charge in [0, 0.05) is 18.7 Å². The van der Waals surface area contributed by atoms with E-state index in [0.717, 1.165) is 16.7 Å². The summed E-state index contributed by atoms with van der Waals surface area (Å²) in [4.78, 5) is 27.4. The third-order valence-electron chi connectivity index (χ3n) is 12.6. The van der Waals surface area contributed by atoms with Crippen molar-refractivity contribution in [3.8, 4) is 17.6 Å². The summed E-state index contributed by atoms with van der Waals surface area (Å²) in [6.07, 6.45) is 0.0369. The molecule has 0 bridgehead atoms. The Morgan fingerprint density at radius 2 is 1.43 bits per heavy atom. The lowest BCUT2D eigenvalue weighted by Crippen LogP contribution is -2.49. The number of methoxy groups -OCH3 is 2. The molecule has 1 aliphatic rings. The first kappa shape index (κ1) is 50.3. The van der Waals surface area contributed by atoms with Crippen LogP contribution in [0.5, 0.6) is 11.5 Å². The number of hydrogen-bond donors (Lipinski definition) is 1. The molecule has 1 unspecified atom stereocenters. The molecule has 1 aliphatic heterocycles. The van der Waals surface area contributed by atoms with Gasteiger partial charge in [-0.2, -0.15) is 5.26 Å². The van der Waals surface area contributed by atoms with Crippen LogP contribution in [0.25, 0.3) is 11.2 Å². The second-order valence-corrected chi connectivity index (χ2v) is 24.0. The highest BCUT2D eigenvalue weighted by Crippen LogP contribution is 2.51. The highest BCUT2D eigenvalue weighted by Gasteiger charge is 2.54. The highest BCUT2D eigenvalue weighted by atomic mass is 31.2. The fourth-order valence-electron chi connectivity index (χ4n) is 7.92. The van der Waals surface area contributed by atoms with Crippen molar-refractivity contribution < 1.29 is 37.2 Å². The molecule has 358 valence electrons. The van der Waals surface area contributed by atoms with Crippen LogP contribution in [0.1, 0.15) is 74.3 Å². The molecule has 3 heterocycles. The van der Waals surface area contributed by atoms with Crippen molar-refractivity contribution >= 4 is 39.7 Å². The zero-order chi connectivity index (χ0) is 48.5. The van der Waals surface area contributed by atoms with E-state index in [1.165, 1.54) is 6.33 Å². The molecule has 0 saturated carbocycles. The van der Waals surface area contributed by atoms with Gasteiger partial charge in [-0.25, -0.2) is 19.6 Å². The molecule has 17 heteroatoms. The molecule has 1 N–H and O–H groups in total. The molecule has 0 aliphatic carbocycles. The van der Waals surface area contributed by atoms with Gasteiger partial charge in [0.2, 0.25) is 0 Å². The van der Waals surface area contributed by atoms with Crippen LogP contribution in [0.2, 0.25) is 18.1 Å². The molecule has 5 atom stereocenters. The van der Waals surface area contributed by atoms with Gasteiger partial charge in [-0.05, 0) is 71.2 Å². The molecule has 1 saturated heterocycles. The molecule has 15 nitrogen and oxygen atoms in total. The van der Waals surface area contributed by atoms with Gasteiger partial charge in [-0.1, -0.05) is 107 Å². The Bertz CT molecular complexity index is 2560. The predicted octanol–water partition coefficient (Wildman–Crippen LogP) is 10.3. The van der Waals surface area contributed by atoms with Crippen molar-refractivity contribution in [2.75, 3.05) is 45.8 Å². The van der Waals surface area contributed by atoms with Gasteiger partial charge in [0.1, 0.15) is 41.7 Å². The van der Waals surface area contributed by atoms with E-state index in [4.69, 9.17) is 42.4 Å². The fraction of sp³-hybridized carbons (Fsp3) is 0.392. The highest BCUT2D eigenvalue weighted by molar-refractivity contribution is 7.44. The van der Waals surface area contributed by atoms with Crippen molar-refractivity contribution in [2.24, 2.45) is 0 Å². The minimum atomic E-state index is -2.63. The Morgan fingerprint density at radius 1 is 0.838 bits per heavy atom. The summed E-state index contributed by atoms with van der Waals surface area (Å²) in [5.41, 5.74) is 2.66. The first-order chi connectivity index (χ1) is 32.8. The third-order valence-corrected chi connectivity index (χ3v) is 19.0. The van der Waals surface area contributed by atoms with Crippen molar-refractivity contribution in [1.82, 2.24) is 24.2 Å². The van der Waals surface area contributed by atoms with Crippen LogP contribution in [0, 0.1) is 11.3 Å². The molecule has 0 spiro atoms. The number of fused-ring (bicyclic) bond motifs is 1. The normalized spacial score (nSPS) is 18.1. The number of imidazole rings is 1. The number of rotatable bonds is 21. The van der Waals surface area contributed by atoms with Gasteiger partial charge in [0.25, 0.3) is 14.4 Å². The van der Waals surface area contributed by atoms with Crippen LogP contribution in [0.15, 0.2) is 122 Å². The van der Waals surface area contributed by atoms with Gasteiger partial charge < -0.3 is 37.7 Å². The smallest absolute Gasteiger partial charge is 0.259 e. The van der Waals surface area contributed by atoms with Crippen LogP contribution in [-0.2, 0) is 28.5 Å². The first-order valence-corrected chi connectivity index (χ1v) is 26.9. The van der Waals surface area contributed by atoms with E-state index in [1.54, 1.807) is 44.8 Å². The maximum Gasteiger partial charge on any atom is 0.259 e. The zero-order valence-corrected chi connectivity index (χ0v) is 42.2. The van der Waals surface area contributed by atoms with Gasteiger partial charge in [0.15, 0.2) is 31.5 Å². The second kappa shape index (κ2) is 22.2. The number of benzene rings is 4. The van der Waals surface area contributed by atoms with Crippen molar-refractivity contribution in [2.45, 2.75) is 89.3 Å². The summed E-state index contributed by atoms with van der Waals surface area (Å²) >= 11 is 0. The number of carbonyl (C=O) groups excluding carboxylic acids is 1. The lowest BCUT2D eigenvalue weighted by atomic mass is 9.80. The largest absolute Gasteiger partial charge is 0.497 e. The molecule has 1 fully saturated rings. The van der Waals surface area contributed by atoms with Crippen LogP contribution in [0.3, 0.4) is 0 Å². The standard InChI is InChI=1S/C51H62N7O8PSi/c1-10-57(11-2)67(63-32-18-31-52)65-44-42(33-62-51(37-21-16-13-17-22-37,38-23-27-40(60-6)28-24-38)39-25-29-41(61-7)30-26-39)64-49(45(44)66-68(8,9)50(3,4)5)58-35-55-43-46(53-34-54-47(43)58)56-48(59)36-19-14-12-15-20-36/h12-17,19-30,34-35,42,44-45,49H,10-11,18,32-33H2,1-9H3,(H,53,54,56,59)/t42-,44-,45-,49-,67?/m1/s1. The zero-order valence-electron chi connectivity index (χ0n) is 40.3. The number of nitrogens with zero attached hydrogens (tertiary/aromatic N) is 6. The first-order valence-electron chi connectivity index (χ1n) is 22.9. The van der Waals surface area contributed by atoms with E-state index in [0.29, 0.717) is 41.3 Å². The van der Waals surface area contributed by atoms with Gasteiger partial charge in [-0.15, -0.1) is 0 Å². The summed E-state index contributed by atoms with van der Waals surface area (Å²) in [6.45, 7) is 16.5. The lowest BCUT2D eigenvalue weighted by molar-refractivity contribution is -0.0924. The number of nitrogens with one attached hydrogen (secondary N) is 1. The Hall–Kier alpha value is -5.60. The molecular formula is C51H62N7O8PSi. The minimum Gasteiger partial charge on any atom is -0.497 e. The fourth-order valence-corrected chi connectivity index (χ4v) is 10.7. The number of anilines is 1. The number of carbonyl (C=O) groups is 1. The van der Waals surface area contributed by atoms with Gasteiger partial charge in [-0.3, -0.25) is 9.36 Å². The average molecular weight is 960 g/mol. The third kappa shape index (κ3) is 10.8. The predicted molar refractivity (Wildman–Crippen MR) is 265 cm³/mol. The topological polar surface area (TPSA) is 164 Å². The van der Waals surface area contributed by atoms with E-state index in [9.17, 15) is 10.1 Å². The molecule has 7 rings (SSSR count). The van der Waals surface area contributed by atoms with E-state index in [1.807, 2.05) is 77.4 Å². The molecular weight excluding hydrogens is 898 g/mol. The molecule has 0 radical (unpaired) electrons. The number of hydrogen-bond acceptors (Lipinski definition) is 13. The summed E-state index contributed by atoms with van der Waals surface area (Å²) in [5, 5.41) is 12.3. The van der Waals surface area contributed by atoms with Crippen LogP contribution in [-0.4, -0.2) is 97.2 Å². The summed E-state index contributed by atoms with van der Waals surface area (Å²) < 4.78 is 51.2. The van der Waals surface area contributed by atoms with Crippen LogP contribution < -0.4 is 14.8 Å². The van der Waals surface area contributed by atoms with Gasteiger partial charge in [0.05, 0.1) is 46.3 Å². The second-order valence-electron chi connectivity index (χ2n) is 17.8. The minimum absolute atomic E-state index is 0.00506. The van der Waals surface area contributed by atoms with Crippen LogP contribution >= 0.6 is 8.53 Å². The summed E-state index contributed by atoms with van der Waals surface area (Å²) in [5.74, 6) is 1.31. The Labute approximate surface area is 401 Å². The number of aromatic nitrogens is 4. The Kier molecular flexibility index (Phi) is 16.4. The Morgan fingerprint density at radius 3 is 1.99 bits per heavy atom. The van der Waals surface area contributed by atoms with Crippen molar-refractivity contribution in [3.63, 3.8) is 0 Å². The summed E-state index contributed by atoms with van der Waals surface area (Å²) in [7, 11) is -1.09. The molecule has 1 amide bonds. The number of nitriles is 1. The van der Waals surface area contributed by atoms with E-state index in [-0.39, 0.29) is 36.4 Å². The van der Waals surface area contributed by atoms with E-state index in [2.05, 4.69) is 80.9 Å². The molecule has 2 aromatic heterocycles. The quantitative estimate of drug-likeness (QED) is 0.0314. The monoisotopic (exact) mass is 959 g/mol. The SMILES string of the molecule is CCN(CC)P(OCCC#N)O[C@H]1[C@@H](O[Si](C)(C)C(C)(C)C)[C@H](n2cnc3c(NC(=O)c4ccccc4)ncnc32)O[C@@H]1COC(c1ccccc1)(c1ccc(OC)cc1)c1ccc(OC)cc1. The number of ether oxygens (including phenoxy) is 4. The Balaban J connectivity index is 1.39. The lowest BCUT2D eigenvalue weighted by Gasteiger charge is -2.41. The van der Waals surface area contributed by atoms with Crippen LogP contribution in [0.4, 0.5) is 5.82 Å². The van der Waals surface area contributed by atoms with Gasteiger partial charge >= 0.3 is 0 Å².